The van der Waals surface area contributed by atoms with Crippen molar-refractivity contribution in [2.45, 2.75) is 52.4 Å². The lowest BCUT2D eigenvalue weighted by Gasteiger charge is -2.27. The fourth-order valence-corrected chi connectivity index (χ4v) is 2.31. The van der Waals surface area contributed by atoms with Gasteiger partial charge in [0.25, 0.3) is 0 Å². The summed E-state index contributed by atoms with van der Waals surface area (Å²) in [6, 6.07) is 0. The molecule has 0 amide bonds. The van der Waals surface area contributed by atoms with Gasteiger partial charge in [0.15, 0.2) is 0 Å². The molecule has 0 aromatic heterocycles. The summed E-state index contributed by atoms with van der Waals surface area (Å²) in [4.78, 5) is 11.3. The Morgan fingerprint density at radius 3 is 2.28 bits per heavy atom. The molecule has 0 saturated carbocycles. The van der Waals surface area contributed by atoms with E-state index in [4.69, 9.17) is 4.74 Å². The molecule has 0 aliphatic carbocycles. The Morgan fingerprint density at radius 1 is 1.28 bits per heavy atom. The van der Waals surface area contributed by atoms with E-state index in [1.807, 2.05) is 19.1 Å². The van der Waals surface area contributed by atoms with Crippen LogP contribution in [0.4, 0.5) is 0 Å². The number of carbonyl (C=O) groups is 1. The van der Waals surface area contributed by atoms with Gasteiger partial charge >= 0.3 is 5.97 Å². The first-order valence-electron chi connectivity index (χ1n) is 6.78. The highest BCUT2D eigenvalue weighted by molar-refractivity contribution is 5.71. The van der Waals surface area contributed by atoms with E-state index in [9.17, 15) is 4.79 Å². The van der Waals surface area contributed by atoms with Crippen LogP contribution < -0.4 is 0 Å². The zero-order valence-electron chi connectivity index (χ0n) is 12.2. The molecule has 0 radical (unpaired) electrons. The number of hydrogen-bond donors (Lipinski definition) is 0. The minimum absolute atomic E-state index is 0.0139. The second-order valence-electron chi connectivity index (χ2n) is 5.47. The molecule has 18 heavy (non-hydrogen) atoms. The van der Waals surface area contributed by atoms with Crippen molar-refractivity contribution >= 4 is 5.97 Å². The number of carbonyl (C=O) groups excluding carboxylic acids is 1. The number of hydrogen-bond acceptors (Lipinski definition) is 2. The summed E-state index contributed by atoms with van der Waals surface area (Å²) < 4.78 is 4.72. The van der Waals surface area contributed by atoms with Gasteiger partial charge < -0.3 is 4.74 Å². The standard InChI is InChI=1S/C16H28O2/c1-6-11-16(4,12-7-2)13-9-8-10-14(3)15(17)18-5/h6-7,14H,1-2,8-13H2,3-5H3. The molecule has 0 heterocycles. The van der Waals surface area contributed by atoms with Crippen LogP contribution in [0.5, 0.6) is 0 Å². The highest BCUT2D eigenvalue weighted by Crippen LogP contribution is 2.33. The summed E-state index contributed by atoms with van der Waals surface area (Å²) >= 11 is 0. The normalized spacial score (nSPS) is 12.8. The second-order valence-corrected chi connectivity index (χ2v) is 5.47. The van der Waals surface area contributed by atoms with Crippen molar-refractivity contribution in [3.8, 4) is 0 Å². The molecule has 1 atom stereocenters. The van der Waals surface area contributed by atoms with Crippen molar-refractivity contribution in [2.24, 2.45) is 11.3 Å². The van der Waals surface area contributed by atoms with E-state index in [-0.39, 0.29) is 17.3 Å². The Hall–Kier alpha value is -1.05. The van der Waals surface area contributed by atoms with E-state index >= 15 is 0 Å². The molecule has 1 unspecified atom stereocenters. The molecule has 0 fully saturated rings. The summed E-state index contributed by atoms with van der Waals surface area (Å²) in [7, 11) is 1.45. The van der Waals surface area contributed by atoms with Crippen LogP contribution in [0.3, 0.4) is 0 Å². The van der Waals surface area contributed by atoms with Crippen LogP contribution in [-0.4, -0.2) is 13.1 Å². The van der Waals surface area contributed by atoms with Gasteiger partial charge in [0, 0.05) is 0 Å². The predicted molar refractivity (Wildman–Crippen MR) is 77.4 cm³/mol. The van der Waals surface area contributed by atoms with Crippen molar-refractivity contribution < 1.29 is 9.53 Å². The first kappa shape index (κ1) is 16.9. The third kappa shape index (κ3) is 6.63. The Balaban J connectivity index is 3.96. The molecular formula is C16H28O2. The van der Waals surface area contributed by atoms with Gasteiger partial charge in [0.2, 0.25) is 0 Å². The van der Waals surface area contributed by atoms with Crippen LogP contribution in [0.1, 0.15) is 52.4 Å². The largest absolute Gasteiger partial charge is 0.469 e. The average Bonchev–Trinajstić information content (AvgIpc) is 2.34. The Kier molecular flexibility index (Phi) is 8.43. The molecule has 0 aromatic rings. The fraction of sp³-hybridized carbons (Fsp3) is 0.688. The van der Waals surface area contributed by atoms with E-state index in [1.54, 1.807) is 0 Å². The lowest BCUT2D eigenvalue weighted by Crippen LogP contribution is -2.15. The first-order valence-corrected chi connectivity index (χ1v) is 6.78. The van der Waals surface area contributed by atoms with E-state index in [2.05, 4.69) is 20.1 Å². The highest BCUT2D eigenvalue weighted by atomic mass is 16.5. The Morgan fingerprint density at radius 2 is 1.83 bits per heavy atom. The molecule has 0 spiro atoms. The Bertz CT molecular complexity index is 258. The molecule has 0 N–H and O–H groups in total. The maximum absolute atomic E-state index is 11.3. The monoisotopic (exact) mass is 252 g/mol. The van der Waals surface area contributed by atoms with Crippen molar-refractivity contribution in [2.75, 3.05) is 7.11 Å². The molecular weight excluding hydrogens is 224 g/mol. The second kappa shape index (κ2) is 8.96. The van der Waals surface area contributed by atoms with Crippen LogP contribution in [-0.2, 0) is 9.53 Å². The molecule has 0 aliphatic heterocycles. The maximum atomic E-state index is 11.3. The zero-order valence-corrected chi connectivity index (χ0v) is 12.2. The maximum Gasteiger partial charge on any atom is 0.308 e. The minimum atomic E-state index is -0.102. The van der Waals surface area contributed by atoms with Gasteiger partial charge in [-0.25, -0.2) is 0 Å². The van der Waals surface area contributed by atoms with Crippen LogP contribution in [0.25, 0.3) is 0 Å². The van der Waals surface area contributed by atoms with Crippen molar-refractivity contribution in [1.82, 2.24) is 0 Å². The Labute approximate surface area is 112 Å². The average molecular weight is 252 g/mol. The molecule has 2 nitrogen and oxygen atoms in total. The molecule has 0 aromatic carbocycles. The molecule has 0 aliphatic rings. The number of methoxy groups -OCH3 is 1. The quantitative estimate of drug-likeness (QED) is 0.325. The predicted octanol–water partition coefficient (Wildman–Crippen LogP) is 4.51. The van der Waals surface area contributed by atoms with E-state index in [1.165, 1.54) is 7.11 Å². The van der Waals surface area contributed by atoms with Gasteiger partial charge in [-0.2, -0.15) is 0 Å². The highest BCUT2D eigenvalue weighted by Gasteiger charge is 2.21. The van der Waals surface area contributed by atoms with Crippen molar-refractivity contribution in [3.05, 3.63) is 25.3 Å². The van der Waals surface area contributed by atoms with Gasteiger partial charge in [-0.15, -0.1) is 13.2 Å². The molecule has 0 rings (SSSR count). The number of esters is 1. The third-order valence-electron chi connectivity index (χ3n) is 3.55. The summed E-state index contributed by atoms with van der Waals surface area (Å²) in [6.07, 6.45) is 10.3. The van der Waals surface area contributed by atoms with E-state index in [0.29, 0.717) is 0 Å². The van der Waals surface area contributed by atoms with Crippen LogP contribution >= 0.6 is 0 Å². The zero-order chi connectivity index (χ0) is 14.0. The van der Waals surface area contributed by atoms with Gasteiger partial charge in [-0.05, 0) is 31.1 Å². The SMILES string of the molecule is C=CCC(C)(CC=C)CCCCC(C)C(=O)OC. The minimum Gasteiger partial charge on any atom is -0.469 e. The summed E-state index contributed by atoms with van der Waals surface area (Å²) in [5.74, 6) is -0.0880. The van der Waals surface area contributed by atoms with Crippen molar-refractivity contribution in [3.63, 3.8) is 0 Å². The number of unbranched alkanes of at least 4 members (excludes halogenated alkanes) is 1. The lowest BCUT2D eigenvalue weighted by atomic mass is 9.78. The summed E-state index contributed by atoms with van der Waals surface area (Å²) in [5, 5.41) is 0. The number of ether oxygens (including phenoxy) is 1. The van der Waals surface area contributed by atoms with E-state index in [0.717, 1.165) is 38.5 Å². The third-order valence-corrected chi connectivity index (χ3v) is 3.55. The van der Waals surface area contributed by atoms with Gasteiger partial charge in [0.05, 0.1) is 13.0 Å². The summed E-state index contributed by atoms with van der Waals surface area (Å²) in [5.41, 5.74) is 0.276. The lowest BCUT2D eigenvalue weighted by molar-refractivity contribution is -0.145. The van der Waals surface area contributed by atoms with Crippen LogP contribution in [0.2, 0.25) is 0 Å². The smallest absolute Gasteiger partial charge is 0.308 e. The number of allylic oxidation sites excluding steroid dienone is 2. The summed E-state index contributed by atoms with van der Waals surface area (Å²) in [6.45, 7) is 11.9. The number of rotatable bonds is 10. The topological polar surface area (TPSA) is 26.3 Å². The molecule has 104 valence electrons. The van der Waals surface area contributed by atoms with Crippen LogP contribution in [0, 0.1) is 11.3 Å². The molecule has 0 saturated heterocycles. The fourth-order valence-electron chi connectivity index (χ4n) is 2.31. The van der Waals surface area contributed by atoms with Crippen molar-refractivity contribution in [1.29, 1.82) is 0 Å². The molecule has 0 bridgehead atoms. The van der Waals surface area contributed by atoms with Gasteiger partial charge in [-0.1, -0.05) is 38.8 Å². The molecule has 2 heteroatoms. The first-order chi connectivity index (χ1) is 8.49. The van der Waals surface area contributed by atoms with Gasteiger partial charge in [0.1, 0.15) is 0 Å². The van der Waals surface area contributed by atoms with E-state index < -0.39 is 0 Å². The van der Waals surface area contributed by atoms with Gasteiger partial charge in [-0.3, -0.25) is 4.79 Å². The van der Waals surface area contributed by atoms with Crippen LogP contribution in [0.15, 0.2) is 25.3 Å².